The van der Waals surface area contributed by atoms with Crippen LogP contribution in [0.3, 0.4) is 0 Å². The zero-order valence-electron chi connectivity index (χ0n) is 11.4. The van der Waals surface area contributed by atoms with Crippen LogP contribution < -0.4 is 10.9 Å². The van der Waals surface area contributed by atoms with E-state index in [2.05, 4.69) is 24.1 Å². The first-order valence-corrected chi connectivity index (χ1v) is 6.51. The third-order valence-corrected chi connectivity index (χ3v) is 2.70. The fourth-order valence-electron chi connectivity index (χ4n) is 1.90. The van der Waals surface area contributed by atoms with Gasteiger partial charge in [-0.05, 0) is 18.8 Å². The molecular weight excluding hydrogens is 230 g/mol. The highest BCUT2D eigenvalue weighted by Crippen LogP contribution is 2.08. The maximum absolute atomic E-state index is 12.1. The Morgan fingerprint density at radius 2 is 2.22 bits per heavy atom. The molecule has 18 heavy (non-hydrogen) atoms. The van der Waals surface area contributed by atoms with Gasteiger partial charge in [0.25, 0.3) is 5.56 Å². The van der Waals surface area contributed by atoms with Crippen molar-refractivity contribution in [2.24, 2.45) is 5.92 Å². The minimum atomic E-state index is -0.124. The Morgan fingerprint density at radius 1 is 1.50 bits per heavy atom. The average molecular weight is 253 g/mol. The zero-order chi connectivity index (χ0) is 13.5. The van der Waals surface area contributed by atoms with Crippen LogP contribution in [0.15, 0.2) is 17.2 Å². The maximum Gasteiger partial charge on any atom is 0.293 e. The summed E-state index contributed by atoms with van der Waals surface area (Å²) in [4.78, 5) is 16.1. The summed E-state index contributed by atoms with van der Waals surface area (Å²) in [5.41, 5.74) is -0.124. The summed E-state index contributed by atoms with van der Waals surface area (Å²) in [5.74, 6) is 0.780. The van der Waals surface area contributed by atoms with Gasteiger partial charge in [0, 0.05) is 18.9 Å². The third kappa shape index (κ3) is 4.14. The van der Waals surface area contributed by atoms with E-state index in [9.17, 15) is 9.90 Å². The van der Waals surface area contributed by atoms with Crippen molar-refractivity contribution in [2.75, 3.05) is 11.9 Å². The molecule has 0 aliphatic carbocycles. The molecule has 1 aromatic heterocycles. The highest BCUT2D eigenvalue weighted by atomic mass is 16.3. The molecule has 1 heterocycles. The number of aryl methyl sites for hydroxylation is 1. The zero-order valence-corrected chi connectivity index (χ0v) is 11.4. The summed E-state index contributed by atoms with van der Waals surface area (Å²) >= 11 is 0. The van der Waals surface area contributed by atoms with Crippen molar-refractivity contribution in [3.8, 4) is 0 Å². The van der Waals surface area contributed by atoms with E-state index in [0.29, 0.717) is 18.3 Å². The second-order valence-corrected chi connectivity index (χ2v) is 4.93. The summed E-state index contributed by atoms with van der Waals surface area (Å²) in [7, 11) is 0. The molecule has 0 fully saturated rings. The first kappa shape index (κ1) is 14.7. The van der Waals surface area contributed by atoms with Gasteiger partial charge in [0.2, 0.25) is 0 Å². The number of aliphatic hydroxyl groups excluding tert-OH is 1. The number of aliphatic hydroxyl groups is 1. The molecule has 1 rings (SSSR count). The van der Waals surface area contributed by atoms with Crippen LogP contribution in [0.5, 0.6) is 0 Å². The lowest BCUT2D eigenvalue weighted by atomic mass is 10.0. The molecule has 102 valence electrons. The van der Waals surface area contributed by atoms with E-state index >= 15 is 0 Å². The maximum atomic E-state index is 12.1. The predicted octanol–water partition coefficient (Wildman–Crippen LogP) is 1.47. The largest absolute Gasteiger partial charge is 0.394 e. The molecule has 0 saturated heterocycles. The number of aromatic nitrogens is 2. The summed E-state index contributed by atoms with van der Waals surface area (Å²) in [6.45, 7) is 6.87. The van der Waals surface area contributed by atoms with E-state index < -0.39 is 0 Å². The molecule has 0 aliphatic heterocycles. The predicted molar refractivity (Wildman–Crippen MR) is 72.7 cm³/mol. The van der Waals surface area contributed by atoms with Gasteiger partial charge in [0.05, 0.1) is 12.6 Å². The standard InChI is InChI=1S/C13H23N3O2/c1-4-6-16-7-5-14-12(13(16)18)15-11(9-17)8-10(2)3/h5,7,10-11,17H,4,6,8-9H2,1-3H3,(H,14,15). The Labute approximate surface area is 108 Å². The number of hydrogen-bond donors (Lipinski definition) is 2. The molecule has 0 amide bonds. The van der Waals surface area contributed by atoms with Gasteiger partial charge in [-0.3, -0.25) is 4.79 Å². The first-order valence-electron chi connectivity index (χ1n) is 6.51. The fraction of sp³-hybridized carbons (Fsp3) is 0.692. The minimum absolute atomic E-state index is 0.00196. The molecular formula is C13H23N3O2. The smallest absolute Gasteiger partial charge is 0.293 e. The molecule has 0 aliphatic rings. The van der Waals surface area contributed by atoms with Gasteiger partial charge >= 0.3 is 0 Å². The summed E-state index contributed by atoms with van der Waals surface area (Å²) in [6.07, 6.45) is 5.01. The Morgan fingerprint density at radius 3 is 2.78 bits per heavy atom. The van der Waals surface area contributed by atoms with Crippen LogP contribution in [-0.4, -0.2) is 27.3 Å². The molecule has 5 heteroatoms. The number of nitrogens with one attached hydrogen (secondary N) is 1. The number of anilines is 1. The van der Waals surface area contributed by atoms with Crippen molar-refractivity contribution < 1.29 is 5.11 Å². The summed E-state index contributed by atoms with van der Waals surface area (Å²) in [6, 6.07) is -0.123. The Bertz CT molecular complexity index is 415. The van der Waals surface area contributed by atoms with Crippen molar-refractivity contribution >= 4 is 5.82 Å². The van der Waals surface area contributed by atoms with Crippen LogP contribution in [0.2, 0.25) is 0 Å². The topological polar surface area (TPSA) is 67.2 Å². The van der Waals surface area contributed by atoms with Crippen LogP contribution >= 0.6 is 0 Å². The van der Waals surface area contributed by atoms with E-state index in [1.807, 2.05) is 6.92 Å². The monoisotopic (exact) mass is 253 g/mol. The average Bonchev–Trinajstić information content (AvgIpc) is 2.33. The summed E-state index contributed by atoms with van der Waals surface area (Å²) in [5, 5.41) is 12.3. The fourth-order valence-corrected chi connectivity index (χ4v) is 1.90. The van der Waals surface area contributed by atoms with Gasteiger partial charge in [-0.1, -0.05) is 20.8 Å². The molecule has 0 spiro atoms. The van der Waals surface area contributed by atoms with Crippen molar-refractivity contribution in [1.82, 2.24) is 9.55 Å². The highest BCUT2D eigenvalue weighted by molar-refractivity contribution is 5.32. The first-order chi connectivity index (χ1) is 8.58. The van der Waals surface area contributed by atoms with E-state index in [1.165, 1.54) is 0 Å². The quantitative estimate of drug-likeness (QED) is 0.772. The highest BCUT2D eigenvalue weighted by Gasteiger charge is 2.13. The summed E-state index contributed by atoms with van der Waals surface area (Å²) < 4.78 is 1.64. The van der Waals surface area contributed by atoms with Gasteiger partial charge < -0.3 is 15.0 Å². The molecule has 0 bridgehead atoms. The van der Waals surface area contributed by atoms with Gasteiger partial charge in [0.15, 0.2) is 5.82 Å². The molecule has 5 nitrogen and oxygen atoms in total. The molecule has 2 N–H and O–H groups in total. The second-order valence-electron chi connectivity index (χ2n) is 4.93. The lowest BCUT2D eigenvalue weighted by Crippen LogP contribution is -2.32. The normalized spacial score (nSPS) is 12.7. The Balaban J connectivity index is 2.83. The van der Waals surface area contributed by atoms with Gasteiger partial charge in [0.1, 0.15) is 0 Å². The number of hydrogen-bond acceptors (Lipinski definition) is 4. The molecule has 0 radical (unpaired) electrons. The molecule has 1 atom stereocenters. The Kier molecular flexibility index (Phi) is 5.85. The number of rotatable bonds is 7. The molecule has 0 saturated carbocycles. The van der Waals surface area contributed by atoms with E-state index in [1.54, 1.807) is 17.0 Å². The van der Waals surface area contributed by atoms with E-state index in [0.717, 1.165) is 12.8 Å². The number of nitrogens with zero attached hydrogens (tertiary/aromatic N) is 2. The molecule has 1 unspecified atom stereocenters. The lowest BCUT2D eigenvalue weighted by Gasteiger charge is -2.18. The molecule has 0 aromatic carbocycles. The van der Waals surface area contributed by atoms with Crippen molar-refractivity contribution in [1.29, 1.82) is 0 Å². The SMILES string of the molecule is CCCn1ccnc(NC(CO)CC(C)C)c1=O. The van der Waals surface area contributed by atoms with Gasteiger partial charge in [-0.2, -0.15) is 0 Å². The van der Waals surface area contributed by atoms with Crippen LogP contribution in [0.4, 0.5) is 5.82 Å². The van der Waals surface area contributed by atoms with Crippen molar-refractivity contribution in [3.63, 3.8) is 0 Å². The Hall–Kier alpha value is -1.36. The van der Waals surface area contributed by atoms with E-state index in [4.69, 9.17) is 0 Å². The van der Waals surface area contributed by atoms with E-state index in [-0.39, 0.29) is 18.2 Å². The van der Waals surface area contributed by atoms with Crippen molar-refractivity contribution in [2.45, 2.75) is 46.2 Å². The van der Waals surface area contributed by atoms with Gasteiger partial charge in [-0.25, -0.2) is 4.98 Å². The molecule has 1 aromatic rings. The lowest BCUT2D eigenvalue weighted by molar-refractivity contribution is 0.259. The second kappa shape index (κ2) is 7.16. The van der Waals surface area contributed by atoms with Gasteiger partial charge in [-0.15, -0.1) is 0 Å². The van der Waals surface area contributed by atoms with Crippen LogP contribution in [0.1, 0.15) is 33.6 Å². The van der Waals surface area contributed by atoms with Crippen molar-refractivity contribution in [3.05, 3.63) is 22.7 Å². The third-order valence-electron chi connectivity index (χ3n) is 2.70. The minimum Gasteiger partial charge on any atom is -0.394 e. The van der Waals surface area contributed by atoms with Crippen LogP contribution in [-0.2, 0) is 6.54 Å². The van der Waals surface area contributed by atoms with Crippen LogP contribution in [0, 0.1) is 5.92 Å². The van der Waals surface area contributed by atoms with Crippen LogP contribution in [0.25, 0.3) is 0 Å².